The van der Waals surface area contributed by atoms with E-state index in [1.807, 2.05) is 0 Å². The van der Waals surface area contributed by atoms with Gasteiger partial charge in [-0.1, -0.05) is 21.1 Å². The van der Waals surface area contributed by atoms with E-state index in [9.17, 15) is 9.18 Å². The first-order valence-electron chi connectivity index (χ1n) is 4.49. The molecule has 0 saturated heterocycles. The number of benzene rings is 1. The largest absolute Gasteiger partial charge is 0.478 e. The molecule has 1 aromatic carbocycles. The summed E-state index contributed by atoms with van der Waals surface area (Å²) < 4.78 is 14.1. The highest BCUT2D eigenvalue weighted by molar-refractivity contribution is 9.10. The van der Waals surface area contributed by atoms with Crippen LogP contribution in [0.25, 0.3) is 0 Å². The molecule has 0 aliphatic carbocycles. The molecule has 1 aliphatic heterocycles. The standard InChI is InChI=1S/C10H7BrFNO3/c11-5-1-2-6(7(12)3-5)8-4-9(10(14)15)16-13-8/h1-3,9H,4H2,(H,14,15)/t9-/m1/s1. The number of rotatable bonds is 2. The van der Waals surface area contributed by atoms with Crippen LogP contribution in [-0.2, 0) is 9.63 Å². The third kappa shape index (κ3) is 2.06. The quantitative estimate of drug-likeness (QED) is 0.907. The smallest absolute Gasteiger partial charge is 0.348 e. The van der Waals surface area contributed by atoms with Gasteiger partial charge in [0.25, 0.3) is 0 Å². The van der Waals surface area contributed by atoms with Crippen molar-refractivity contribution in [2.24, 2.45) is 5.16 Å². The van der Waals surface area contributed by atoms with Crippen molar-refractivity contribution in [1.29, 1.82) is 0 Å². The summed E-state index contributed by atoms with van der Waals surface area (Å²) in [5, 5.41) is 12.3. The number of carbonyl (C=O) groups is 1. The van der Waals surface area contributed by atoms with Crippen molar-refractivity contribution in [3.63, 3.8) is 0 Å². The van der Waals surface area contributed by atoms with Crippen LogP contribution in [0.15, 0.2) is 27.8 Å². The third-order valence-electron chi connectivity index (χ3n) is 2.19. The number of oxime groups is 1. The molecule has 1 atom stereocenters. The van der Waals surface area contributed by atoms with Crippen molar-refractivity contribution in [2.75, 3.05) is 0 Å². The SMILES string of the molecule is O=C(O)[C@H]1CC(c2ccc(Br)cc2F)=NO1. The maximum Gasteiger partial charge on any atom is 0.348 e. The zero-order valence-corrected chi connectivity index (χ0v) is 9.57. The predicted octanol–water partition coefficient (Wildman–Crippen LogP) is 2.17. The van der Waals surface area contributed by atoms with Gasteiger partial charge >= 0.3 is 5.97 Å². The molecule has 2 rings (SSSR count). The lowest BCUT2D eigenvalue weighted by atomic mass is 10.0. The molecule has 0 radical (unpaired) electrons. The van der Waals surface area contributed by atoms with Gasteiger partial charge < -0.3 is 9.94 Å². The molecule has 0 aromatic heterocycles. The summed E-state index contributed by atoms with van der Waals surface area (Å²) in [5.41, 5.74) is 0.587. The van der Waals surface area contributed by atoms with Gasteiger partial charge in [0.2, 0.25) is 6.10 Å². The number of hydrogen-bond donors (Lipinski definition) is 1. The maximum absolute atomic E-state index is 13.5. The van der Waals surface area contributed by atoms with Gasteiger partial charge in [-0.2, -0.15) is 0 Å². The normalized spacial score (nSPS) is 19.1. The minimum absolute atomic E-state index is 0.0773. The first-order chi connectivity index (χ1) is 7.58. The molecule has 0 spiro atoms. The highest BCUT2D eigenvalue weighted by Crippen LogP contribution is 2.21. The van der Waals surface area contributed by atoms with Gasteiger partial charge in [0.05, 0.1) is 5.71 Å². The van der Waals surface area contributed by atoms with Crippen LogP contribution < -0.4 is 0 Å². The highest BCUT2D eigenvalue weighted by Gasteiger charge is 2.29. The van der Waals surface area contributed by atoms with Crippen molar-refractivity contribution in [3.8, 4) is 0 Å². The molecule has 1 N–H and O–H groups in total. The number of hydrogen-bond acceptors (Lipinski definition) is 3. The van der Waals surface area contributed by atoms with E-state index in [-0.39, 0.29) is 12.0 Å². The Labute approximate surface area is 98.8 Å². The van der Waals surface area contributed by atoms with Crippen molar-refractivity contribution in [1.82, 2.24) is 0 Å². The van der Waals surface area contributed by atoms with Gasteiger partial charge in [0.1, 0.15) is 5.82 Å². The number of aliphatic carboxylic acids is 1. The maximum atomic E-state index is 13.5. The Morgan fingerprint density at radius 2 is 2.38 bits per heavy atom. The minimum Gasteiger partial charge on any atom is -0.478 e. The molecule has 6 heteroatoms. The lowest BCUT2D eigenvalue weighted by Crippen LogP contribution is -2.20. The summed E-state index contributed by atoms with van der Waals surface area (Å²) in [7, 11) is 0. The van der Waals surface area contributed by atoms with Gasteiger partial charge in [-0.15, -0.1) is 0 Å². The summed E-state index contributed by atoms with van der Waals surface area (Å²) in [4.78, 5) is 15.3. The Hall–Kier alpha value is -1.43. The molecule has 1 aliphatic rings. The second-order valence-electron chi connectivity index (χ2n) is 3.30. The van der Waals surface area contributed by atoms with Crippen LogP contribution in [0.1, 0.15) is 12.0 Å². The molecule has 16 heavy (non-hydrogen) atoms. The van der Waals surface area contributed by atoms with Crippen molar-refractivity contribution >= 4 is 27.6 Å². The van der Waals surface area contributed by atoms with E-state index >= 15 is 0 Å². The van der Waals surface area contributed by atoms with Gasteiger partial charge in [-0.25, -0.2) is 9.18 Å². The summed E-state index contributed by atoms with van der Waals surface area (Å²) in [6, 6.07) is 4.49. The van der Waals surface area contributed by atoms with Crippen LogP contribution in [0.5, 0.6) is 0 Å². The number of carboxylic acids is 1. The van der Waals surface area contributed by atoms with Gasteiger partial charge in [-0.3, -0.25) is 0 Å². The van der Waals surface area contributed by atoms with Crippen LogP contribution in [0.3, 0.4) is 0 Å². The zero-order chi connectivity index (χ0) is 11.7. The van der Waals surface area contributed by atoms with Crippen molar-refractivity contribution in [2.45, 2.75) is 12.5 Å². The van der Waals surface area contributed by atoms with Crippen LogP contribution in [0.2, 0.25) is 0 Å². The minimum atomic E-state index is -1.10. The molecule has 0 saturated carbocycles. The Kier molecular flexibility index (Phi) is 2.91. The molecule has 4 nitrogen and oxygen atoms in total. The van der Waals surface area contributed by atoms with Crippen molar-refractivity contribution in [3.05, 3.63) is 34.1 Å². The Bertz CT molecular complexity index is 475. The van der Waals surface area contributed by atoms with E-state index in [1.165, 1.54) is 12.1 Å². The van der Waals surface area contributed by atoms with Gasteiger partial charge in [0, 0.05) is 16.5 Å². The van der Waals surface area contributed by atoms with Crippen molar-refractivity contribution < 1.29 is 19.1 Å². The monoisotopic (exact) mass is 287 g/mol. The van der Waals surface area contributed by atoms with E-state index in [0.29, 0.717) is 10.2 Å². The molecular formula is C10H7BrFNO3. The van der Waals surface area contributed by atoms with E-state index < -0.39 is 17.9 Å². The summed E-state index contributed by atoms with van der Waals surface area (Å²) in [6.45, 7) is 0. The molecule has 0 unspecified atom stereocenters. The first kappa shape index (κ1) is 11.1. The summed E-state index contributed by atoms with van der Waals surface area (Å²) in [6.07, 6.45) is -0.938. The van der Waals surface area contributed by atoms with E-state index in [2.05, 4.69) is 25.9 Å². The Balaban J connectivity index is 2.24. The molecule has 0 fully saturated rings. The summed E-state index contributed by atoms with van der Waals surface area (Å²) >= 11 is 3.13. The predicted molar refractivity (Wildman–Crippen MR) is 57.8 cm³/mol. The number of carboxylic acid groups (broad SMARTS) is 1. The van der Waals surface area contributed by atoms with Crippen LogP contribution in [0, 0.1) is 5.82 Å². The topological polar surface area (TPSA) is 58.9 Å². The van der Waals surface area contributed by atoms with Crippen LogP contribution in [-0.4, -0.2) is 22.9 Å². The molecule has 0 amide bonds. The molecular weight excluding hydrogens is 281 g/mol. The summed E-state index contributed by atoms with van der Waals surface area (Å²) in [5.74, 6) is -1.56. The van der Waals surface area contributed by atoms with Crippen LogP contribution in [0.4, 0.5) is 4.39 Å². The lowest BCUT2D eigenvalue weighted by molar-refractivity contribution is -0.148. The third-order valence-corrected chi connectivity index (χ3v) is 2.68. The second-order valence-corrected chi connectivity index (χ2v) is 4.21. The highest BCUT2D eigenvalue weighted by atomic mass is 79.9. The first-order valence-corrected chi connectivity index (χ1v) is 5.28. The molecule has 1 heterocycles. The number of nitrogens with zero attached hydrogens (tertiary/aromatic N) is 1. The van der Waals surface area contributed by atoms with Gasteiger partial charge in [0.15, 0.2) is 0 Å². The van der Waals surface area contributed by atoms with E-state index in [4.69, 9.17) is 5.11 Å². The van der Waals surface area contributed by atoms with Gasteiger partial charge in [-0.05, 0) is 18.2 Å². The molecule has 84 valence electrons. The average Bonchev–Trinajstić information content (AvgIpc) is 2.66. The average molecular weight is 288 g/mol. The van der Waals surface area contributed by atoms with Crippen LogP contribution >= 0.6 is 15.9 Å². The molecule has 1 aromatic rings. The lowest BCUT2D eigenvalue weighted by Gasteiger charge is -2.02. The molecule has 0 bridgehead atoms. The zero-order valence-electron chi connectivity index (χ0n) is 7.98. The number of halogens is 2. The second kappa shape index (κ2) is 4.21. The van der Waals surface area contributed by atoms with E-state index in [1.54, 1.807) is 6.07 Å². The fourth-order valence-electron chi connectivity index (χ4n) is 1.39. The Morgan fingerprint density at radius 3 is 2.94 bits per heavy atom. The van der Waals surface area contributed by atoms with E-state index in [0.717, 1.165) is 0 Å². The fourth-order valence-corrected chi connectivity index (χ4v) is 1.73. The Morgan fingerprint density at radius 1 is 1.62 bits per heavy atom. The fraction of sp³-hybridized carbons (Fsp3) is 0.200.